The number of nitrogens with two attached hydrogens (primary N) is 1. The van der Waals surface area contributed by atoms with E-state index >= 15 is 0 Å². The first kappa shape index (κ1) is 15.2. The molecule has 110 valence electrons. The zero-order valence-electron chi connectivity index (χ0n) is 11.9. The number of aliphatic hydroxyl groups is 1. The molecule has 20 heavy (non-hydrogen) atoms. The highest BCUT2D eigenvalue weighted by Gasteiger charge is 2.32. The summed E-state index contributed by atoms with van der Waals surface area (Å²) in [7, 11) is 1.90. The van der Waals surface area contributed by atoms with E-state index in [1.54, 1.807) is 6.20 Å². The fourth-order valence-corrected chi connectivity index (χ4v) is 2.82. The number of pyridine rings is 1. The lowest BCUT2D eigenvalue weighted by atomic mass is 9.93. The Morgan fingerprint density at radius 2 is 2.20 bits per heavy atom. The monoisotopic (exact) mass is 295 g/mol. The second-order valence-corrected chi connectivity index (χ2v) is 5.82. The van der Waals surface area contributed by atoms with Crippen molar-refractivity contribution in [1.82, 2.24) is 4.98 Å². The zero-order chi connectivity index (χ0) is 14.8. The maximum absolute atomic E-state index is 10.6. The lowest BCUT2D eigenvalue weighted by Crippen LogP contribution is -2.46. The van der Waals surface area contributed by atoms with Gasteiger partial charge < -0.3 is 20.5 Å². The molecule has 0 amide bonds. The van der Waals surface area contributed by atoms with Gasteiger partial charge in [-0.1, -0.05) is 12.2 Å². The maximum atomic E-state index is 10.6. The van der Waals surface area contributed by atoms with Crippen molar-refractivity contribution in [2.24, 2.45) is 5.73 Å². The summed E-state index contributed by atoms with van der Waals surface area (Å²) in [6.45, 7) is 3.63. The maximum Gasteiger partial charge on any atom is 0.138 e. The van der Waals surface area contributed by atoms with Crippen molar-refractivity contribution in [3.8, 4) is 0 Å². The number of ether oxygens (including phenoxy) is 1. The van der Waals surface area contributed by atoms with Crippen LogP contribution < -0.4 is 10.6 Å². The molecular weight excluding hydrogens is 274 g/mol. The number of hydrogen-bond acceptors (Lipinski definition) is 5. The van der Waals surface area contributed by atoms with Gasteiger partial charge in [0.1, 0.15) is 10.8 Å². The molecular formula is C14H21N3O2S. The fourth-order valence-electron chi connectivity index (χ4n) is 2.56. The van der Waals surface area contributed by atoms with Crippen molar-refractivity contribution in [2.45, 2.75) is 25.4 Å². The van der Waals surface area contributed by atoms with E-state index in [2.05, 4.69) is 4.98 Å². The molecule has 1 fully saturated rings. The van der Waals surface area contributed by atoms with E-state index in [9.17, 15) is 5.11 Å². The molecule has 0 aromatic carbocycles. The lowest BCUT2D eigenvalue weighted by Gasteiger charge is -2.36. The Labute approximate surface area is 124 Å². The summed E-state index contributed by atoms with van der Waals surface area (Å²) in [6, 6.07) is 1.88. The van der Waals surface area contributed by atoms with E-state index in [1.807, 2.05) is 24.9 Å². The second kappa shape index (κ2) is 6.03. The summed E-state index contributed by atoms with van der Waals surface area (Å²) in [5.74, 6) is 0.720. The van der Waals surface area contributed by atoms with E-state index in [0.717, 1.165) is 16.9 Å². The fraction of sp³-hybridized carbons (Fsp3) is 0.571. The Hall–Kier alpha value is -1.24. The number of thiocarbonyl (C=S) groups is 1. The summed E-state index contributed by atoms with van der Waals surface area (Å²) in [5.41, 5.74) is 6.83. The quantitative estimate of drug-likeness (QED) is 0.808. The number of anilines is 1. The normalized spacial score (nSPS) is 17.8. The summed E-state index contributed by atoms with van der Waals surface area (Å²) in [6.07, 6.45) is 2.99. The third-order valence-electron chi connectivity index (χ3n) is 3.70. The predicted molar refractivity (Wildman–Crippen MR) is 83.1 cm³/mol. The van der Waals surface area contributed by atoms with Crippen molar-refractivity contribution in [3.63, 3.8) is 0 Å². The summed E-state index contributed by atoms with van der Waals surface area (Å²) >= 11 is 5.12. The van der Waals surface area contributed by atoms with Crippen LogP contribution in [0.25, 0.3) is 0 Å². The molecule has 1 aliphatic heterocycles. The van der Waals surface area contributed by atoms with E-state index < -0.39 is 5.60 Å². The third-order valence-corrected chi connectivity index (χ3v) is 3.91. The van der Waals surface area contributed by atoms with E-state index in [-0.39, 0.29) is 0 Å². The van der Waals surface area contributed by atoms with Gasteiger partial charge in [0.25, 0.3) is 0 Å². The molecule has 6 heteroatoms. The summed E-state index contributed by atoms with van der Waals surface area (Å²) < 4.78 is 5.30. The van der Waals surface area contributed by atoms with Crippen molar-refractivity contribution in [1.29, 1.82) is 0 Å². The molecule has 0 radical (unpaired) electrons. The third kappa shape index (κ3) is 3.26. The average molecular weight is 295 g/mol. The highest BCUT2D eigenvalue weighted by molar-refractivity contribution is 7.80. The van der Waals surface area contributed by atoms with Crippen LogP contribution in [0.4, 0.5) is 5.82 Å². The first-order valence-corrected chi connectivity index (χ1v) is 7.10. The highest BCUT2D eigenvalue weighted by atomic mass is 32.1. The smallest absolute Gasteiger partial charge is 0.138 e. The molecule has 0 bridgehead atoms. The SMILES string of the molecule is Cc1ccnc(N(C)CC2(O)CCOCC2)c1C(N)=S. The molecule has 5 nitrogen and oxygen atoms in total. The first-order valence-electron chi connectivity index (χ1n) is 6.70. The highest BCUT2D eigenvalue weighted by Crippen LogP contribution is 2.26. The Bertz CT molecular complexity index is 501. The van der Waals surface area contributed by atoms with Gasteiger partial charge in [-0.2, -0.15) is 0 Å². The van der Waals surface area contributed by atoms with Crippen molar-refractivity contribution >= 4 is 23.0 Å². The Morgan fingerprint density at radius 1 is 1.55 bits per heavy atom. The minimum absolute atomic E-state index is 0.330. The van der Waals surface area contributed by atoms with Crippen LogP contribution in [0.5, 0.6) is 0 Å². The Kier molecular flexibility index (Phi) is 4.57. The van der Waals surface area contributed by atoms with Gasteiger partial charge in [0.2, 0.25) is 0 Å². The van der Waals surface area contributed by atoms with E-state index in [0.29, 0.717) is 37.6 Å². The van der Waals surface area contributed by atoms with Crippen LogP contribution >= 0.6 is 12.2 Å². The molecule has 3 N–H and O–H groups in total. The molecule has 0 atom stereocenters. The average Bonchev–Trinajstić information content (AvgIpc) is 2.38. The van der Waals surface area contributed by atoms with Gasteiger partial charge in [-0.25, -0.2) is 4.98 Å². The molecule has 0 spiro atoms. The van der Waals surface area contributed by atoms with Crippen LogP contribution in [0.3, 0.4) is 0 Å². The number of aryl methyl sites for hydroxylation is 1. The topological polar surface area (TPSA) is 71.6 Å². The van der Waals surface area contributed by atoms with Gasteiger partial charge in [-0.3, -0.25) is 0 Å². The summed E-state index contributed by atoms with van der Waals surface area (Å²) in [5, 5.41) is 10.6. The van der Waals surface area contributed by atoms with Gasteiger partial charge in [0.15, 0.2) is 0 Å². The van der Waals surface area contributed by atoms with Gasteiger partial charge in [0, 0.05) is 45.8 Å². The number of rotatable bonds is 4. The second-order valence-electron chi connectivity index (χ2n) is 5.38. The number of hydrogen-bond donors (Lipinski definition) is 2. The standard InChI is InChI=1S/C14H21N3O2S/c1-10-3-6-16-13(11(10)12(15)20)17(2)9-14(18)4-7-19-8-5-14/h3,6,18H,4-5,7-9H2,1-2H3,(H2,15,20). The van der Waals surface area contributed by atoms with Gasteiger partial charge >= 0.3 is 0 Å². The van der Waals surface area contributed by atoms with Crippen LogP contribution in [0, 0.1) is 6.92 Å². The van der Waals surface area contributed by atoms with Gasteiger partial charge in [-0.05, 0) is 18.6 Å². The van der Waals surface area contributed by atoms with Crippen LogP contribution in [0.15, 0.2) is 12.3 Å². The number of nitrogens with zero attached hydrogens (tertiary/aromatic N) is 2. The Morgan fingerprint density at radius 3 is 2.80 bits per heavy atom. The van der Waals surface area contributed by atoms with Crippen LogP contribution in [0.2, 0.25) is 0 Å². The van der Waals surface area contributed by atoms with E-state index in [4.69, 9.17) is 22.7 Å². The van der Waals surface area contributed by atoms with Crippen LogP contribution in [-0.4, -0.2) is 47.5 Å². The molecule has 0 aliphatic carbocycles. The molecule has 2 heterocycles. The van der Waals surface area contributed by atoms with Crippen LogP contribution in [0.1, 0.15) is 24.0 Å². The first-order chi connectivity index (χ1) is 9.43. The predicted octanol–water partition coefficient (Wildman–Crippen LogP) is 1.00. The molecule has 1 aliphatic rings. The molecule has 1 aromatic rings. The molecule has 0 unspecified atom stereocenters. The van der Waals surface area contributed by atoms with Crippen LogP contribution in [-0.2, 0) is 4.74 Å². The van der Waals surface area contributed by atoms with E-state index in [1.165, 1.54) is 0 Å². The zero-order valence-corrected chi connectivity index (χ0v) is 12.7. The van der Waals surface area contributed by atoms with Gasteiger partial charge in [-0.15, -0.1) is 0 Å². The van der Waals surface area contributed by atoms with Crippen molar-refractivity contribution < 1.29 is 9.84 Å². The number of aromatic nitrogens is 1. The summed E-state index contributed by atoms with van der Waals surface area (Å²) in [4.78, 5) is 6.63. The molecule has 0 saturated carbocycles. The Balaban J connectivity index is 2.23. The molecule has 2 rings (SSSR count). The number of likely N-dealkylation sites (N-methyl/N-ethyl adjacent to an activating group) is 1. The van der Waals surface area contributed by atoms with Gasteiger partial charge in [0.05, 0.1) is 11.2 Å². The van der Waals surface area contributed by atoms with Crippen molar-refractivity contribution in [2.75, 3.05) is 31.7 Å². The minimum Gasteiger partial charge on any atom is -0.389 e. The minimum atomic E-state index is -0.744. The van der Waals surface area contributed by atoms with Crippen molar-refractivity contribution in [3.05, 3.63) is 23.4 Å². The lowest BCUT2D eigenvalue weighted by molar-refractivity contribution is -0.0573. The largest absolute Gasteiger partial charge is 0.389 e. The molecule has 1 saturated heterocycles. The molecule has 1 aromatic heterocycles.